The molecule has 1 aromatic rings. The molecule has 0 atom stereocenters. The van der Waals surface area contributed by atoms with Crippen LogP contribution in [0.25, 0.3) is 0 Å². The maximum atomic E-state index is 11.5. The summed E-state index contributed by atoms with van der Waals surface area (Å²) in [6.45, 7) is 5.24. The quantitative estimate of drug-likeness (QED) is 0.835. The van der Waals surface area contributed by atoms with Gasteiger partial charge in [-0.3, -0.25) is 4.79 Å². The first-order valence-electron chi connectivity index (χ1n) is 7.96. The van der Waals surface area contributed by atoms with Crippen LogP contribution in [0.5, 0.6) is 5.75 Å². The zero-order valence-corrected chi connectivity index (χ0v) is 13.5. The topological polar surface area (TPSA) is 50.8 Å². The summed E-state index contributed by atoms with van der Waals surface area (Å²) in [6, 6.07) is 7.93. The summed E-state index contributed by atoms with van der Waals surface area (Å²) in [5, 5.41) is 2.83. The molecule has 0 bridgehead atoms. The molecule has 22 heavy (non-hydrogen) atoms. The van der Waals surface area contributed by atoms with Gasteiger partial charge >= 0.3 is 0 Å². The van der Waals surface area contributed by atoms with Gasteiger partial charge in [0.05, 0.1) is 0 Å². The number of likely N-dealkylation sites (tertiary alicyclic amines) is 1. The summed E-state index contributed by atoms with van der Waals surface area (Å²) in [7, 11) is 2.14. The van der Waals surface area contributed by atoms with E-state index in [1.807, 2.05) is 31.2 Å². The first-order valence-corrected chi connectivity index (χ1v) is 7.96. The van der Waals surface area contributed by atoms with Crippen LogP contribution < -0.4 is 10.1 Å². The second-order valence-corrected chi connectivity index (χ2v) is 5.68. The van der Waals surface area contributed by atoms with Crippen LogP contribution in [0.1, 0.15) is 25.3 Å². The Hall–Kier alpha value is -1.59. The number of nitrogens with zero attached hydrogens (tertiary/aromatic N) is 1. The average molecular weight is 306 g/mol. The van der Waals surface area contributed by atoms with Gasteiger partial charge in [0.15, 0.2) is 0 Å². The fraction of sp³-hybridized carbons (Fsp3) is 0.588. The van der Waals surface area contributed by atoms with E-state index in [0.717, 1.165) is 37.2 Å². The molecule has 2 rings (SSSR count). The van der Waals surface area contributed by atoms with Gasteiger partial charge in [0, 0.05) is 26.2 Å². The Bertz CT molecular complexity index is 453. The Balaban J connectivity index is 1.74. The molecule has 1 N–H and O–H groups in total. The number of carbonyl (C=O) groups excluding carboxylic acids is 1. The normalized spacial score (nSPS) is 16.5. The molecule has 0 spiro atoms. The molecular formula is C17H26N2O3. The minimum absolute atomic E-state index is 0.0894. The van der Waals surface area contributed by atoms with Crippen LogP contribution in [-0.4, -0.2) is 50.3 Å². The van der Waals surface area contributed by atoms with Gasteiger partial charge < -0.3 is 19.7 Å². The fourth-order valence-electron chi connectivity index (χ4n) is 2.43. The highest BCUT2D eigenvalue weighted by molar-refractivity contribution is 5.77. The van der Waals surface area contributed by atoms with Crippen LogP contribution in [-0.2, 0) is 16.1 Å². The summed E-state index contributed by atoms with van der Waals surface area (Å²) < 4.78 is 11.1. The standard InChI is InChI=1S/C17H26N2O3/c1-3-21-13-17(20)18-12-14-4-6-15(7-5-14)22-16-8-10-19(2)11-9-16/h4-7,16H,3,8-13H2,1-2H3,(H,18,20). The summed E-state index contributed by atoms with van der Waals surface area (Å²) >= 11 is 0. The van der Waals surface area contributed by atoms with E-state index in [9.17, 15) is 4.79 Å². The van der Waals surface area contributed by atoms with Crippen LogP contribution in [0, 0.1) is 0 Å². The second kappa shape index (κ2) is 8.76. The molecule has 1 saturated heterocycles. The van der Waals surface area contributed by atoms with Gasteiger partial charge in [-0.1, -0.05) is 12.1 Å². The van der Waals surface area contributed by atoms with E-state index in [4.69, 9.17) is 9.47 Å². The molecule has 5 heteroatoms. The number of carbonyl (C=O) groups is 1. The largest absolute Gasteiger partial charge is 0.490 e. The number of ether oxygens (including phenoxy) is 2. The Morgan fingerprint density at radius 3 is 2.59 bits per heavy atom. The van der Waals surface area contributed by atoms with Crippen LogP contribution in [0.4, 0.5) is 0 Å². The van der Waals surface area contributed by atoms with Crippen LogP contribution in [0.2, 0.25) is 0 Å². The van der Waals surface area contributed by atoms with E-state index in [1.54, 1.807) is 0 Å². The fourth-order valence-corrected chi connectivity index (χ4v) is 2.43. The Morgan fingerprint density at radius 2 is 1.95 bits per heavy atom. The number of hydrogen-bond acceptors (Lipinski definition) is 4. The Morgan fingerprint density at radius 1 is 1.27 bits per heavy atom. The monoisotopic (exact) mass is 306 g/mol. The van der Waals surface area contributed by atoms with Gasteiger partial charge in [-0.2, -0.15) is 0 Å². The molecule has 0 saturated carbocycles. The van der Waals surface area contributed by atoms with E-state index in [0.29, 0.717) is 19.3 Å². The van der Waals surface area contributed by atoms with Crippen molar-refractivity contribution in [2.24, 2.45) is 0 Å². The van der Waals surface area contributed by atoms with Gasteiger partial charge in [0.2, 0.25) is 5.91 Å². The molecule has 1 fully saturated rings. The second-order valence-electron chi connectivity index (χ2n) is 5.68. The van der Waals surface area contributed by atoms with Crippen LogP contribution >= 0.6 is 0 Å². The number of benzene rings is 1. The number of amides is 1. The average Bonchev–Trinajstić information content (AvgIpc) is 2.54. The molecule has 1 aromatic carbocycles. The molecule has 5 nitrogen and oxygen atoms in total. The van der Waals surface area contributed by atoms with E-state index in [1.165, 1.54) is 0 Å². The minimum Gasteiger partial charge on any atom is -0.490 e. The van der Waals surface area contributed by atoms with Gasteiger partial charge in [-0.25, -0.2) is 0 Å². The first kappa shape index (κ1) is 16.8. The van der Waals surface area contributed by atoms with Crippen molar-refractivity contribution in [2.75, 3.05) is 33.4 Å². The van der Waals surface area contributed by atoms with Crippen LogP contribution in [0.15, 0.2) is 24.3 Å². The highest BCUT2D eigenvalue weighted by Gasteiger charge is 2.17. The van der Waals surface area contributed by atoms with Crippen molar-refractivity contribution in [3.8, 4) is 5.75 Å². The van der Waals surface area contributed by atoms with E-state index >= 15 is 0 Å². The lowest BCUT2D eigenvalue weighted by Gasteiger charge is -2.29. The summed E-state index contributed by atoms with van der Waals surface area (Å²) in [4.78, 5) is 13.8. The van der Waals surface area contributed by atoms with Crippen molar-refractivity contribution in [3.63, 3.8) is 0 Å². The molecule has 1 heterocycles. The SMILES string of the molecule is CCOCC(=O)NCc1ccc(OC2CCN(C)CC2)cc1. The summed E-state index contributed by atoms with van der Waals surface area (Å²) in [6.07, 6.45) is 2.46. The van der Waals surface area contributed by atoms with Crippen LogP contribution in [0.3, 0.4) is 0 Å². The minimum atomic E-state index is -0.0894. The van der Waals surface area contributed by atoms with E-state index < -0.39 is 0 Å². The lowest BCUT2D eigenvalue weighted by molar-refractivity contribution is -0.125. The third-order valence-corrected chi connectivity index (χ3v) is 3.82. The predicted octanol–water partition coefficient (Wildman–Crippen LogP) is 1.81. The summed E-state index contributed by atoms with van der Waals surface area (Å²) in [5.74, 6) is 0.812. The molecular weight excluding hydrogens is 280 g/mol. The van der Waals surface area contributed by atoms with Gasteiger partial charge in [-0.15, -0.1) is 0 Å². The molecule has 1 amide bonds. The van der Waals surface area contributed by atoms with Crippen molar-refractivity contribution in [3.05, 3.63) is 29.8 Å². The Kier molecular flexibility index (Phi) is 6.68. The highest BCUT2D eigenvalue weighted by Crippen LogP contribution is 2.19. The smallest absolute Gasteiger partial charge is 0.246 e. The van der Waals surface area contributed by atoms with Gasteiger partial charge in [0.25, 0.3) is 0 Å². The zero-order chi connectivity index (χ0) is 15.8. The molecule has 122 valence electrons. The lowest BCUT2D eigenvalue weighted by atomic mass is 10.1. The molecule has 0 radical (unpaired) electrons. The van der Waals surface area contributed by atoms with Crippen molar-refractivity contribution in [1.29, 1.82) is 0 Å². The molecule has 0 aromatic heterocycles. The Labute approximate surface area is 132 Å². The van der Waals surface area contributed by atoms with Crippen molar-refractivity contribution in [2.45, 2.75) is 32.4 Å². The van der Waals surface area contributed by atoms with Crippen molar-refractivity contribution >= 4 is 5.91 Å². The molecule has 1 aliphatic rings. The van der Waals surface area contributed by atoms with Crippen molar-refractivity contribution < 1.29 is 14.3 Å². The molecule has 1 aliphatic heterocycles. The lowest BCUT2D eigenvalue weighted by Crippen LogP contribution is -2.35. The third-order valence-electron chi connectivity index (χ3n) is 3.82. The number of hydrogen-bond donors (Lipinski definition) is 1. The van der Waals surface area contributed by atoms with Crippen molar-refractivity contribution in [1.82, 2.24) is 10.2 Å². The highest BCUT2D eigenvalue weighted by atomic mass is 16.5. The number of rotatable bonds is 7. The molecule has 0 unspecified atom stereocenters. The van der Waals surface area contributed by atoms with E-state index in [2.05, 4.69) is 17.3 Å². The maximum absolute atomic E-state index is 11.5. The third kappa shape index (κ3) is 5.66. The van der Waals surface area contributed by atoms with Gasteiger partial charge in [0.1, 0.15) is 18.5 Å². The summed E-state index contributed by atoms with van der Waals surface area (Å²) in [5.41, 5.74) is 1.06. The number of piperidine rings is 1. The number of nitrogens with one attached hydrogen (secondary N) is 1. The van der Waals surface area contributed by atoms with Gasteiger partial charge in [-0.05, 0) is 44.5 Å². The van der Waals surface area contributed by atoms with E-state index in [-0.39, 0.29) is 12.5 Å². The predicted molar refractivity (Wildman–Crippen MR) is 85.9 cm³/mol. The first-order chi connectivity index (χ1) is 10.7. The zero-order valence-electron chi connectivity index (χ0n) is 13.5. The molecule has 0 aliphatic carbocycles. The maximum Gasteiger partial charge on any atom is 0.246 e.